The SMILES string of the molecule is O=C1CC[C@@H](C(=O)N[C@H](Cc2cnc[nH]2)C(=O)N2CCC[C@H]2C(=O)Nc2ccc3ccccc3c2)N1. The van der Waals surface area contributed by atoms with Gasteiger partial charge in [-0.25, -0.2) is 4.98 Å². The fourth-order valence-corrected chi connectivity index (χ4v) is 4.90. The first-order valence-electron chi connectivity index (χ1n) is 12.1. The van der Waals surface area contributed by atoms with E-state index in [0.29, 0.717) is 37.2 Å². The molecule has 3 aromatic rings. The normalized spacial score (nSPS) is 20.2. The number of fused-ring (bicyclic) bond motifs is 1. The first-order valence-corrected chi connectivity index (χ1v) is 12.1. The van der Waals surface area contributed by atoms with Crippen molar-refractivity contribution in [1.82, 2.24) is 25.5 Å². The number of hydrogen-bond acceptors (Lipinski definition) is 5. The molecule has 2 aromatic carbocycles. The van der Waals surface area contributed by atoms with Crippen molar-refractivity contribution >= 4 is 40.1 Å². The number of nitrogens with one attached hydrogen (secondary N) is 4. The average molecular weight is 489 g/mol. The standard InChI is InChI=1S/C26H28N6O4/c33-23-10-9-20(30-23)24(34)31-21(13-19-14-27-15-28-19)26(36)32-11-3-6-22(32)25(35)29-18-8-7-16-4-1-2-5-17(16)12-18/h1-2,4-5,7-8,12,14-15,20-22H,3,6,9-11,13H2,(H,27,28)(H,29,35)(H,30,33)(H,31,34)/t20-,21+,22-/m0/s1. The maximum Gasteiger partial charge on any atom is 0.247 e. The monoisotopic (exact) mass is 488 g/mol. The van der Waals surface area contributed by atoms with Crippen LogP contribution in [0.4, 0.5) is 5.69 Å². The molecule has 2 fully saturated rings. The van der Waals surface area contributed by atoms with Gasteiger partial charge in [-0.1, -0.05) is 30.3 Å². The van der Waals surface area contributed by atoms with Gasteiger partial charge in [-0.2, -0.15) is 0 Å². The summed E-state index contributed by atoms with van der Waals surface area (Å²) in [7, 11) is 0. The Balaban J connectivity index is 1.30. The third-order valence-electron chi connectivity index (χ3n) is 6.76. The highest BCUT2D eigenvalue weighted by Gasteiger charge is 2.39. The Morgan fingerprint density at radius 2 is 1.92 bits per heavy atom. The molecule has 0 radical (unpaired) electrons. The zero-order chi connectivity index (χ0) is 25.1. The highest BCUT2D eigenvalue weighted by molar-refractivity contribution is 6.00. The first kappa shape index (κ1) is 23.5. The van der Waals surface area contributed by atoms with Crippen molar-refractivity contribution in [2.45, 2.75) is 50.2 Å². The summed E-state index contributed by atoms with van der Waals surface area (Å²) in [6.45, 7) is 0.421. The largest absolute Gasteiger partial charge is 0.348 e. The number of carbonyl (C=O) groups excluding carboxylic acids is 4. The molecule has 2 aliphatic rings. The molecule has 36 heavy (non-hydrogen) atoms. The Labute approximate surface area is 207 Å². The van der Waals surface area contributed by atoms with Crippen molar-refractivity contribution < 1.29 is 19.2 Å². The van der Waals surface area contributed by atoms with Crippen LogP contribution in [-0.4, -0.2) is 63.2 Å². The first-order chi connectivity index (χ1) is 17.5. The van der Waals surface area contributed by atoms with Crippen molar-refractivity contribution in [2.24, 2.45) is 0 Å². The Bertz CT molecular complexity index is 1290. The van der Waals surface area contributed by atoms with E-state index in [1.165, 1.54) is 6.33 Å². The summed E-state index contributed by atoms with van der Waals surface area (Å²) in [6, 6.07) is 11.4. The number of nitrogens with zero attached hydrogens (tertiary/aromatic N) is 2. The lowest BCUT2D eigenvalue weighted by Gasteiger charge is -2.29. The van der Waals surface area contributed by atoms with Crippen molar-refractivity contribution in [1.29, 1.82) is 0 Å². The number of H-pyrrole nitrogens is 1. The smallest absolute Gasteiger partial charge is 0.247 e. The zero-order valence-corrected chi connectivity index (χ0v) is 19.7. The van der Waals surface area contributed by atoms with Crippen LogP contribution < -0.4 is 16.0 Å². The van der Waals surface area contributed by atoms with E-state index in [1.807, 2.05) is 42.5 Å². The highest BCUT2D eigenvalue weighted by Crippen LogP contribution is 2.23. The summed E-state index contributed by atoms with van der Waals surface area (Å²) >= 11 is 0. The van der Waals surface area contributed by atoms with E-state index in [4.69, 9.17) is 0 Å². The summed E-state index contributed by atoms with van der Waals surface area (Å²) in [5.74, 6) is -1.18. The van der Waals surface area contributed by atoms with Crippen LogP contribution in [0.25, 0.3) is 10.8 Å². The Morgan fingerprint density at radius 1 is 1.08 bits per heavy atom. The number of imidazole rings is 1. The van der Waals surface area contributed by atoms with Crippen LogP contribution in [-0.2, 0) is 25.6 Å². The minimum atomic E-state index is -0.899. The van der Waals surface area contributed by atoms with Crippen LogP contribution in [0, 0.1) is 0 Å². The number of anilines is 1. The molecule has 10 heteroatoms. The molecule has 4 amide bonds. The Kier molecular flexibility index (Phi) is 6.66. The molecule has 1 aromatic heterocycles. The number of aromatic nitrogens is 2. The quantitative estimate of drug-likeness (QED) is 0.400. The summed E-state index contributed by atoms with van der Waals surface area (Å²) in [5, 5.41) is 10.5. The number of hydrogen-bond donors (Lipinski definition) is 4. The molecule has 10 nitrogen and oxygen atoms in total. The maximum absolute atomic E-state index is 13.6. The van der Waals surface area contributed by atoms with E-state index in [2.05, 4.69) is 25.9 Å². The molecule has 0 bridgehead atoms. The molecular formula is C26H28N6O4. The number of benzene rings is 2. The van der Waals surface area contributed by atoms with Crippen LogP contribution in [0.2, 0.25) is 0 Å². The van der Waals surface area contributed by atoms with Crippen LogP contribution in [0.15, 0.2) is 55.0 Å². The molecular weight excluding hydrogens is 460 g/mol. The van der Waals surface area contributed by atoms with E-state index >= 15 is 0 Å². The Hall–Kier alpha value is -4.21. The van der Waals surface area contributed by atoms with Gasteiger partial charge in [0.1, 0.15) is 18.1 Å². The number of carbonyl (C=O) groups is 4. The minimum Gasteiger partial charge on any atom is -0.348 e. The molecule has 4 N–H and O–H groups in total. The van der Waals surface area contributed by atoms with Gasteiger partial charge in [0, 0.05) is 37.0 Å². The van der Waals surface area contributed by atoms with Gasteiger partial charge < -0.3 is 25.8 Å². The van der Waals surface area contributed by atoms with Crippen molar-refractivity contribution in [3.63, 3.8) is 0 Å². The molecule has 2 saturated heterocycles. The van der Waals surface area contributed by atoms with Gasteiger partial charge in [0.2, 0.25) is 23.6 Å². The second-order valence-electron chi connectivity index (χ2n) is 9.24. The lowest BCUT2D eigenvalue weighted by molar-refractivity contribution is -0.140. The molecule has 0 aliphatic carbocycles. The molecule has 2 aliphatic heterocycles. The minimum absolute atomic E-state index is 0.184. The van der Waals surface area contributed by atoms with E-state index < -0.39 is 24.0 Å². The molecule has 0 spiro atoms. The predicted molar refractivity (Wildman–Crippen MR) is 133 cm³/mol. The van der Waals surface area contributed by atoms with E-state index in [-0.39, 0.29) is 30.6 Å². The van der Waals surface area contributed by atoms with E-state index in [0.717, 1.165) is 10.8 Å². The third-order valence-corrected chi connectivity index (χ3v) is 6.76. The number of aromatic amines is 1. The summed E-state index contributed by atoms with van der Waals surface area (Å²) in [6.07, 6.45) is 5.18. The molecule has 3 atom stereocenters. The van der Waals surface area contributed by atoms with Crippen molar-refractivity contribution in [3.05, 3.63) is 60.7 Å². The van der Waals surface area contributed by atoms with E-state index in [9.17, 15) is 19.2 Å². The number of amides is 4. The van der Waals surface area contributed by atoms with E-state index in [1.54, 1.807) is 11.1 Å². The fraction of sp³-hybridized carbons (Fsp3) is 0.346. The molecule has 0 unspecified atom stereocenters. The van der Waals surface area contributed by atoms with Crippen molar-refractivity contribution in [3.8, 4) is 0 Å². The van der Waals surface area contributed by atoms with Gasteiger partial charge >= 0.3 is 0 Å². The number of likely N-dealkylation sites (tertiary alicyclic amines) is 1. The summed E-state index contributed by atoms with van der Waals surface area (Å²) in [4.78, 5) is 59.7. The second kappa shape index (κ2) is 10.2. The van der Waals surface area contributed by atoms with Gasteiger partial charge in [0.05, 0.1) is 6.33 Å². The molecule has 186 valence electrons. The van der Waals surface area contributed by atoms with Gasteiger partial charge in [-0.3, -0.25) is 19.2 Å². The molecule has 5 rings (SSSR count). The lowest BCUT2D eigenvalue weighted by Crippen LogP contribution is -2.55. The van der Waals surface area contributed by atoms with Gasteiger partial charge in [-0.05, 0) is 42.2 Å². The van der Waals surface area contributed by atoms with Crippen LogP contribution in [0.1, 0.15) is 31.4 Å². The molecule has 0 saturated carbocycles. The highest BCUT2D eigenvalue weighted by atomic mass is 16.2. The summed E-state index contributed by atoms with van der Waals surface area (Å²) < 4.78 is 0. The lowest BCUT2D eigenvalue weighted by atomic mass is 10.1. The van der Waals surface area contributed by atoms with Crippen LogP contribution >= 0.6 is 0 Å². The fourth-order valence-electron chi connectivity index (χ4n) is 4.90. The predicted octanol–water partition coefficient (Wildman–Crippen LogP) is 1.50. The average Bonchev–Trinajstić information content (AvgIpc) is 3.65. The summed E-state index contributed by atoms with van der Waals surface area (Å²) in [5.41, 5.74) is 1.35. The van der Waals surface area contributed by atoms with Crippen molar-refractivity contribution in [2.75, 3.05) is 11.9 Å². The van der Waals surface area contributed by atoms with Gasteiger partial charge in [0.25, 0.3) is 0 Å². The molecule has 3 heterocycles. The van der Waals surface area contributed by atoms with Crippen LogP contribution in [0.5, 0.6) is 0 Å². The number of rotatable bonds is 7. The van der Waals surface area contributed by atoms with Gasteiger partial charge in [0.15, 0.2) is 0 Å². The van der Waals surface area contributed by atoms with Gasteiger partial charge in [-0.15, -0.1) is 0 Å². The maximum atomic E-state index is 13.6. The topological polar surface area (TPSA) is 136 Å². The Morgan fingerprint density at radius 3 is 2.67 bits per heavy atom. The van der Waals surface area contributed by atoms with Crippen LogP contribution in [0.3, 0.4) is 0 Å². The zero-order valence-electron chi connectivity index (χ0n) is 19.7. The third kappa shape index (κ3) is 5.07. The second-order valence-corrected chi connectivity index (χ2v) is 9.24.